The number of nitro benzene ring substituents is 1. The third kappa shape index (κ3) is 3.29. The molecule has 21 heavy (non-hydrogen) atoms. The van der Waals surface area contributed by atoms with Crippen molar-refractivity contribution in [1.82, 2.24) is 0 Å². The molecule has 2 rings (SSSR count). The molecule has 1 N–H and O–H groups in total. The normalized spacial score (nSPS) is 11.8. The molecule has 0 saturated heterocycles. The number of para-hydroxylation sites is 1. The van der Waals surface area contributed by atoms with Gasteiger partial charge in [0.1, 0.15) is 5.75 Å². The first-order valence-electron chi connectivity index (χ1n) is 6.30. The monoisotopic (exact) mass is 289 g/mol. The lowest BCUT2D eigenvalue weighted by Gasteiger charge is -2.14. The second-order valence-electron chi connectivity index (χ2n) is 4.41. The third-order valence-corrected chi connectivity index (χ3v) is 2.95. The molecule has 110 valence electrons. The van der Waals surface area contributed by atoms with Gasteiger partial charge in [0, 0.05) is 11.6 Å². The molecular weight excluding hydrogens is 274 g/mol. The Balaban J connectivity index is 2.43. The molecule has 2 aromatic rings. The van der Waals surface area contributed by atoms with E-state index in [1.807, 2.05) is 0 Å². The summed E-state index contributed by atoms with van der Waals surface area (Å²) in [6, 6.07) is 11.0. The van der Waals surface area contributed by atoms with Crippen LogP contribution >= 0.6 is 0 Å². The zero-order valence-corrected chi connectivity index (χ0v) is 11.6. The van der Waals surface area contributed by atoms with Crippen LogP contribution in [-0.2, 0) is 0 Å². The summed E-state index contributed by atoms with van der Waals surface area (Å²) in [4.78, 5) is 10.3. The molecule has 2 aromatic carbocycles. The molecule has 0 aliphatic heterocycles. The van der Waals surface area contributed by atoms with E-state index < -0.39 is 11.0 Å². The second-order valence-corrected chi connectivity index (χ2v) is 4.41. The highest BCUT2D eigenvalue weighted by Crippen LogP contribution is 2.37. The Morgan fingerprint density at radius 1 is 1.14 bits per heavy atom. The van der Waals surface area contributed by atoms with E-state index in [4.69, 9.17) is 9.47 Å². The zero-order chi connectivity index (χ0) is 15.4. The number of benzene rings is 2. The standard InChI is InChI=1S/C15H15NO5/c1-10(17)12-5-3-4-6-13(12)21-15-9-11(16(18)19)7-8-14(15)20-2/h3-10,17H,1-2H3. The van der Waals surface area contributed by atoms with E-state index in [9.17, 15) is 15.2 Å². The number of nitrogens with zero attached hydrogens (tertiary/aromatic N) is 1. The van der Waals surface area contributed by atoms with Gasteiger partial charge >= 0.3 is 0 Å². The largest absolute Gasteiger partial charge is 0.493 e. The van der Waals surface area contributed by atoms with Crippen molar-refractivity contribution in [2.45, 2.75) is 13.0 Å². The maximum atomic E-state index is 10.8. The van der Waals surface area contributed by atoms with Gasteiger partial charge in [-0.15, -0.1) is 0 Å². The first-order chi connectivity index (χ1) is 10.0. The first-order valence-corrected chi connectivity index (χ1v) is 6.30. The van der Waals surface area contributed by atoms with Gasteiger partial charge in [-0.2, -0.15) is 0 Å². The quantitative estimate of drug-likeness (QED) is 0.673. The number of aliphatic hydroxyl groups excluding tert-OH is 1. The SMILES string of the molecule is COc1ccc([N+](=O)[O-])cc1Oc1ccccc1C(C)O. The first kappa shape index (κ1) is 14.8. The van der Waals surface area contributed by atoms with Crippen LogP contribution < -0.4 is 9.47 Å². The van der Waals surface area contributed by atoms with Crippen LogP contribution in [0.1, 0.15) is 18.6 Å². The van der Waals surface area contributed by atoms with Gasteiger partial charge in [0.05, 0.1) is 24.2 Å². The van der Waals surface area contributed by atoms with Gasteiger partial charge in [0.15, 0.2) is 11.5 Å². The number of ether oxygens (including phenoxy) is 2. The third-order valence-electron chi connectivity index (χ3n) is 2.95. The summed E-state index contributed by atoms with van der Waals surface area (Å²) < 4.78 is 10.8. The average Bonchev–Trinajstić information content (AvgIpc) is 2.47. The van der Waals surface area contributed by atoms with Crippen LogP contribution in [0.2, 0.25) is 0 Å². The van der Waals surface area contributed by atoms with Gasteiger partial charge in [0.25, 0.3) is 5.69 Å². The summed E-state index contributed by atoms with van der Waals surface area (Å²) in [6.45, 7) is 1.62. The number of non-ortho nitro benzene ring substituents is 1. The van der Waals surface area contributed by atoms with Crippen molar-refractivity contribution in [3.8, 4) is 17.2 Å². The van der Waals surface area contributed by atoms with Crippen molar-refractivity contribution in [1.29, 1.82) is 0 Å². The van der Waals surface area contributed by atoms with Crippen molar-refractivity contribution in [3.63, 3.8) is 0 Å². The summed E-state index contributed by atoms with van der Waals surface area (Å²) >= 11 is 0. The number of nitro groups is 1. The van der Waals surface area contributed by atoms with Crippen molar-refractivity contribution >= 4 is 5.69 Å². The molecule has 0 fully saturated rings. The van der Waals surface area contributed by atoms with Gasteiger partial charge in [-0.1, -0.05) is 18.2 Å². The van der Waals surface area contributed by atoms with Crippen LogP contribution in [0.5, 0.6) is 17.2 Å². The summed E-state index contributed by atoms with van der Waals surface area (Å²) in [7, 11) is 1.45. The number of aliphatic hydroxyl groups is 1. The molecule has 1 atom stereocenters. The number of hydrogen-bond acceptors (Lipinski definition) is 5. The smallest absolute Gasteiger partial charge is 0.273 e. The van der Waals surface area contributed by atoms with E-state index in [1.54, 1.807) is 31.2 Å². The minimum Gasteiger partial charge on any atom is -0.493 e. The highest BCUT2D eigenvalue weighted by molar-refractivity contribution is 5.51. The van der Waals surface area contributed by atoms with Crippen molar-refractivity contribution in [3.05, 3.63) is 58.1 Å². The number of rotatable bonds is 5. The van der Waals surface area contributed by atoms with Gasteiger partial charge in [-0.25, -0.2) is 0 Å². The van der Waals surface area contributed by atoms with Crippen LogP contribution in [0.15, 0.2) is 42.5 Å². The number of hydrogen-bond donors (Lipinski definition) is 1. The lowest BCUT2D eigenvalue weighted by atomic mass is 10.1. The summed E-state index contributed by atoms with van der Waals surface area (Å²) in [6.07, 6.45) is -0.717. The Kier molecular flexibility index (Phi) is 4.39. The number of methoxy groups -OCH3 is 1. The van der Waals surface area contributed by atoms with E-state index in [-0.39, 0.29) is 11.4 Å². The molecular formula is C15H15NO5. The molecule has 0 heterocycles. The minimum absolute atomic E-state index is 0.0969. The molecule has 0 bridgehead atoms. The fourth-order valence-electron chi connectivity index (χ4n) is 1.90. The average molecular weight is 289 g/mol. The second kappa shape index (κ2) is 6.23. The van der Waals surface area contributed by atoms with E-state index >= 15 is 0 Å². The molecule has 6 heteroatoms. The van der Waals surface area contributed by atoms with Crippen molar-refractivity contribution in [2.75, 3.05) is 7.11 Å². The Morgan fingerprint density at radius 2 is 1.86 bits per heavy atom. The zero-order valence-electron chi connectivity index (χ0n) is 11.6. The molecule has 0 aliphatic carbocycles. The molecule has 1 unspecified atom stereocenters. The van der Waals surface area contributed by atoms with Gasteiger partial charge in [-0.05, 0) is 19.1 Å². The van der Waals surface area contributed by atoms with Crippen molar-refractivity contribution < 1.29 is 19.5 Å². The van der Waals surface area contributed by atoms with Gasteiger partial charge in [-0.3, -0.25) is 10.1 Å². The highest BCUT2D eigenvalue weighted by atomic mass is 16.6. The topological polar surface area (TPSA) is 81.8 Å². The molecule has 0 aliphatic rings. The molecule has 0 amide bonds. The summed E-state index contributed by atoms with van der Waals surface area (Å²) in [5, 5.41) is 20.6. The van der Waals surface area contributed by atoms with E-state index in [0.29, 0.717) is 17.1 Å². The Morgan fingerprint density at radius 3 is 2.48 bits per heavy atom. The van der Waals surface area contributed by atoms with Crippen molar-refractivity contribution in [2.24, 2.45) is 0 Å². The maximum Gasteiger partial charge on any atom is 0.273 e. The molecule has 0 radical (unpaired) electrons. The van der Waals surface area contributed by atoms with Gasteiger partial charge in [0.2, 0.25) is 0 Å². The van der Waals surface area contributed by atoms with Crippen LogP contribution in [0.4, 0.5) is 5.69 Å². The fraction of sp³-hybridized carbons (Fsp3) is 0.200. The minimum atomic E-state index is -0.717. The summed E-state index contributed by atoms with van der Waals surface area (Å²) in [5.41, 5.74) is 0.492. The van der Waals surface area contributed by atoms with Crippen LogP contribution in [0.25, 0.3) is 0 Å². The molecule has 0 saturated carbocycles. The Labute approximate surface area is 121 Å². The Hall–Kier alpha value is -2.60. The van der Waals surface area contributed by atoms with Gasteiger partial charge < -0.3 is 14.6 Å². The molecule has 6 nitrogen and oxygen atoms in total. The van der Waals surface area contributed by atoms with E-state index in [2.05, 4.69) is 0 Å². The lowest BCUT2D eigenvalue weighted by Crippen LogP contribution is -1.98. The van der Waals surface area contributed by atoms with E-state index in [1.165, 1.54) is 25.3 Å². The summed E-state index contributed by atoms with van der Waals surface area (Å²) in [5.74, 6) is 1.02. The highest BCUT2D eigenvalue weighted by Gasteiger charge is 2.15. The van der Waals surface area contributed by atoms with E-state index in [0.717, 1.165) is 0 Å². The van der Waals surface area contributed by atoms with Crippen LogP contribution in [0.3, 0.4) is 0 Å². The Bertz CT molecular complexity index is 654. The molecule has 0 spiro atoms. The predicted octanol–water partition coefficient (Wildman–Crippen LogP) is 3.45. The fourth-order valence-corrected chi connectivity index (χ4v) is 1.90. The van der Waals surface area contributed by atoms with Crippen LogP contribution in [0, 0.1) is 10.1 Å². The maximum absolute atomic E-state index is 10.8. The molecule has 0 aromatic heterocycles. The predicted molar refractivity (Wildman–Crippen MR) is 76.8 cm³/mol. The lowest BCUT2D eigenvalue weighted by molar-refractivity contribution is -0.384. The van der Waals surface area contributed by atoms with Crippen LogP contribution in [-0.4, -0.2) is 17.1 Å².